The Labute approximate surface area is 108 Å². The second-order valence-electron chi connectivity index (χ2n) is 5.48. The Balaban J connectivity index is 2.19. The molecule has 1 aromatic carbocycles. The molecular formula is C15H22FNO. The fourth-order valence-corrected chi connectivity index (χ4v) is 2.87. The van der Waals surface area contributed by atoms with E-state index >= 15 is 0 Å². The summed E-state index contributed by atoms with van der Waals surface area (Å²) >= 11 is 0. The van der Waals surface area contributed by atoms with Gasteiger partial charge in [-0.25, -0.2) is 4.39 Å². The van der Waals surface area contributed by atoms with Gasteiger partial charge in [0.05, 0.1) is 11.6 Å². The van der Waals surface area contributed by atoms with E-state index in [2.05, 4.69) is 6.92 Å². The van der Waals surface area contributed by atoms with E-state index in [-0.39, 0.29) is 17.5 Å². The monoisotopic (exact) mass is 251 g/mol. The van der Waals surface area contributed by atoms with Crippen LogP contribution in [0.4, 0.5) is 4.39 Å². The summed E-state index contributed by atoms with van der Waals surface area (Å²) in [6.45, 7) is 2.27. The van der Waals surface area contributed by atoms with Crippen molar-refractivity contribution in [3.05, 3.63) is 35.6 Å². The van der Waals surface area contributed by atoms with Crippen molar-refractivity contribution in [1.82, 2.24) is 0 Å². The topological polar surface area (TPSA) is 35.2 Å². The molecule has 0 heterocycles. The number of methoxy groups -OCH3 is 1. The second kappa shape index (κ2) is 5.37. The standard InChI is InChI=1S/C15H22FNO/c1-11-7-9-15(18-2,10-8-11)14(17)12-3-5-13(16)6-4-12/h3-6,11,14H,7-10,17H2,1-2H3. The van der Waals surface area contributed by atoms with Gasteiger partial charge in [0.25, 0.3) is 0 Å². The van der Waals surface area contributed by atoms with Gasteiger partial charge in [0.15, 0.2) is 0 Å². The van der Waals surface area contributed by atoms with Crippen molar-refractivity contribution in [2.24, 2.45) is 11.7 Å². The molecule has 1 fully saturated rings. The molecule has 0 amide bonds. The molecule has 2 N–H and O–H groups in total. The van der Waals surface area contributed by atoms with Crippen molar-refractivity contribution >= 4 is 0 Å². The fourth-order valence-electron chi connectivity index (χ4n) is 2.87. The fraction of sp³-hybridized carbons (Fsp3) is 0.600. The highest BCUT2D eigenvalue weighted by molar-refractivity contribution is 5.23. The Hall–Kier alpha value is -0.930. The Morgan fingerprint density at radius 3 is 2.33 bits per heavy atom. The maximum absolute atomic E-state index is 12.9. The summed E-state index contributed by atoms with van der Waals surface area (Å²) in [7, 11) is 1.74. The molecule has 0 radical (unpaired) electrons. The van der Waals surface area contributed by atoms with Crippen LogP contribution in [-0.2, 0) is 4.74 Å². The van der Waals surface area contributed by atoms with Crippen LogP contribution in [0.15, 0.2) is 24.3 Å². The highest BCUT2D eigenvalue weighted by Crippen LogP contribution is 2.41. The number of rotatable bonds is 3. The average molecular weight is 251 g/mol. The quantitative estimate of drug-likeness (QED) is 0.893. The first-order chi connectivity index (χ1) is 8.57. The Morgan fingerprint density at radius 2 is 1.83 bits per heavy atom. The summed E-state index contributed by atoms with van der Waals surface area (Å²) in [4.78, 5) is 0. The Morgan fingerprint density at radius 1 is 1.28 bits per heavy atom. The van der Waals surface area contributed by atoms with Gasteiger partial charge in [-0.2, -0.15) is 0 Å². The van der Waals surface area contributed by atoms with Gasteiger partial charge in [-0.05, 0) is 49.3 Å². The van der Waals surface area contributed by atoms with Crippen LogP contribution in [0.25, 0.3) is 0 Å². The molecule has 0 saturated heterocycles. The molecule has 0 aliphatic heterocycles. The summed E-state index contributed by atoms with van der Waals surface area (Å²) in [5, 5.41) is 0. The third-order valence-corrected chi connectivity index (χ3v) is 4.32. The zero-order valence-electron chi connectivity index (χ0n) is 11.2. The van der Waals surface area contributed by atoms with Gasteiger partial charge in [0, 0.05) is 7.11 Å². The van der Waals surface area contributed by atoms with Crippen LogP contribution < -0.4 is 5.73 Å². The van der Waals surface area contributed by atoms with Gasteiger partial charge >= 0.3 is 0 Å². The molecule has 1 unspecified atom stereocenters. The van der Waals surface area contributed by atoms with E-state index in [1.807, 2.05) is 0 Å². The smallest absolute Gasteiger partial charge is 0.123 e. The van der Waals surface area contributed by atoms with E-state index in [9.17, 15) is 4.39 Å². The lowest BCUT2D eigenvalue weighted by molar-refractivity contribution is -0.0672. The summed E-state index contributed by atoms with van der Waals surface area (Å²) in [5.74, 6) is 0.517. The van der Waals surface area contributed by atoms with Crippen LogP contribution >= 0.6 is 0 Å². The van der Waals surface area contributed by atoms with Crippen molar-refractivity contribution in [2.75, 3.05) is 7.11 Å². The zero-order valence-corrected chi connectivity index (χ0v) is 11.2. The molecule has 1 aromatic rings. The number of ether oxygens (including phenoxy) is 1. The zero-order chi connectivity index (χ0) is 13.2. The van der Waals surface area contributed by atoms with E-state index in [1.165, 1.54) is 12.1 Å². The van der Waals surface area contributed by atoms with Gasteiger partial charge in [0.1, 0.15) is 5.82 Å². The maximum Gasteiger partial charge on any atom is 0.123 e. The predicted molar refractivity (Wildman–Crippen MR) is 70.7 cm³/mol. The van der Waals surface area contributed by atoms with Crippen LogP contribution in [0, 0.1) is 11.7 Å². The van der Waals surface area contributed by atoms with E-state index in [0.717, 1.165) is 37.2 Å². The van der Waals surface area contributed by atoms with Gasteiger partial charge < -0.3 is 10.5 Å². The van der Waals surface area contributed by atoms with Gasteiger partial charge in [-0.3, -0.25) is 0 Å². The van der Waals surface area contributed by atoms with Crippen LogP contribution in [0.5, 0.6) is 0 Å². The van der Waals surface area contributed by atoms with Crippen molar-refractivity contribution in [2.45, 2.75) is 44.2 Å². The highest BCUT2D eigenvalue weighted by Gasteiger charge is 2.40. The number of benzene rings is 1. The van der Waals surface area contributed by atoms with E-state index in [4.69, 9.17) is 10.5 Å². The lowest BCUT2D eigenvalue weighted by atomic mass is 9.74. The van der Waals surface area contributed by atoms with Gasteiger partial charge in [0.2, 0.25) is 0 Å². The molecule has 1 atom stereocenters. The Kier molecular flexibility index (Phi) is 4.03. The minimum atomic E-state index is -0.287. The largest absolute Gasteiger partial charge is 0.376 e. The number of halogens is 1. The van der Waals surface area contributed by atoms with Crippen molar-refractivity contribution in [1.29, 1.82) is 0 Å². The van der Waals surface area contributed by atoms with Gasteiger partial charge in [-0.15, -0.1) is 0 Å². The molecule has 2 nitrogen and oxygen atoms in total. The molecule has 1 aliphatic carbocycles. The van der Waals surface area contributed by atoms with Crippen LogP contribution in [0.2, 0.25) is 0 Å². The molecule has 0 aromatic heterocycles. The lowest BCUT2D eigenvalue weighted by Gasteiger charge is -2.42. The molecule has 100 valence electrons. The summed E-state index contributed by atoms with van der Waals surface area (Å²) in [6.07, 6.45) is 4.23. The van der Waals surface area contributed by atoms with Crippen LogP contribution in [0.1, 0.15) is 44.2 Å². The first-order valence-corrected chi connectivity index (χ1v) is 6.63. The summed E-state index contributed by atoms with van der Waals surface area (Å²) < 4.78 is 18.7. The summed E-state index contributed by atoms with van der Waals surface area (Å²) in [6, 6.07) is 6.27. The van der Waals surface area contributed by atoms with Crippen LogP contribution in [0.3, 0.4) is 0 Å². The molecule has 1 aliphatic rings. The van der Waals surface area contributed by atoms with Gasteiger partial charge in [-0.1, -0.05) is 19.1 Å². The predicted octanol–water partition coefficient (Wildman–Crippen LogP) is 3.42. The van der Waals surface area contributed by atoms with Crippen molar-refractivity contribution in [3.63, 3.8) is 0 Å². The maximum atomic E-state index is 12.9. The molecular weight excluding hydrogens is 229 g/mol. The normalized spacial score (nSPS) is 30.1. The third kappa shape index (κ3) is 2.57. The first kappa shape index (κ1) is 13.5. The minimum Gasteiger partial charge on any atom is -0.376 e. The molecule has 3 heteroatoms. The van der Waals surface area contributed by atoms with E-state index < -0.39 is 0 Å². The SMILES string of the molecule is COC1(C(N)c2ccc(F)cc2)CCC(C)CC1. The third-order valence-electron chi connectivity index (χ3n) is 4.32. The molecule has 1 saturated carbocycles. The molecule has 2 rings (SSSR count). The Bertz CT molecular complexity index is 382. The van der Waals surface area contributed by atoms with Crippen LogP contribution in [-0.4, -0.2) is 12.7 Å². The molecule has 18 heavy (non-hydrogen) atoms. The number of nitrogens with two attached hydrogens (primary N) is 1. The molecule has 0 bridgehead atoms. The van der Waals surface area contributed by atoms with E-state index in [1.54, 1.807) is 19.2 Å². The lowest BCUT2D eigenvalue weighted by Crippen LogP contribution is -2.45. The van der Waals surface area contributed by atoms with E-state index in [0.29, 0.717) is 0 Å². The summed E-state index contributed by atoms with van der Waals surface area (Å²) in [5.41, 5.74) is 7.03. The average Bonchev–Trinajstić information content (AvgIpc) is 2.40. The highest BCUT2D eigenvalue weighted by atomic mass is 19.1. The number of hydrogen-bond acceptors (Lipinski definition) is 2. The first-order valence-electron chi connectivity index (χ1n) is 6.63. The van der Waals surface area contributed by atoms with Crippen molar-refractivity contribution < 1.29 is 9.13 Å². The number of hydrogen-bond donors (Lipinski definition) is 1. The molecule has 0 spiro atoms. The second-order valence-corrected chi connectivity index (χ2v) is 5.48. The minimum absolute atomic E-state index is 0.185. The van der Waals surface area contributed by atoms with Crippen molar-refractivity contribution in [3.8, 4) is 0 Å².